The van der Waals surface area contributed by atoms with E-state index in [1.807, 2.05) is 0 Å². The predicted octanol–water partition coefficient (Wildman–Crippen LogP) is 3.02. The van der Waals surface area contributed by atoms with Crippen molar-refractivity contribution in [3.05, 3.63) is 70.8 Å². The Labute approximate surface area is 125 Å². The Morgan fingerprint density at radius 1 is 0.636 bits per heavy atom. The number of rotatable bonds is 4. The van der Waals surface area contributed by atoms with Crippen LogP contribution < -0.4 is 0 Å². The van der Waals surface area contributed by atoms with Gasteiger partial charge in [0.25, 0.3) is 0 Å². The van der Waals surface area contributed by atoms with E-state index >= 15 is 0 Å². The zero-order valence-electron chi connectivity index (χ0n) is 11.2. The monoisotopic (exact) mass is 300 g/mol. The maximum atomic E-state index is 11.3. The molecule has 0 spiro atoms. The zero-order chi connectivity index (χ0) is 16.3. The van der Waals surface area contributed by atoms with Crippen LogP contribution in [0.4, 0.5) is 0 Å². The average molecular weight is 300 g/mol. The standard InChI is InChI=1S/C16H12O6/c17-13(9-5-2-1-3-6-9)14(18)10-7-4-8-11(15(19)20)12(10)16(21)22/h1-8,17-18H,(H,19,20)(H,21,22). The number of aliphatic hydroxyl groups is 2. The van der Waals surface area contributed by atoms with Gasteiger partial charge in [-0.1, -0.05) is 42.5 Å². The molecule has 22 heavy (non-hydrogen) atoms. The smallest absolute Gasteiger partial charge is 0.337 e. The number of carbonyl (C=O) groups is 2. The Morgan fingerprint density at radius 2 is 1.23 bits per heavy atom. The molecule has 0 radical (unpaired) electrons. The number of carboxylic acids is 2. The number of aliphatic hydroxyl groups excluding tert-OH is 2. The quantitative estimate of drug-likeness (QED) is 0.509. The summed E-state index contributed by atoms with van der Waals surface area (Å²) in [6, 6.07) is 11.6. The van der Waals surface area contributed by atoms with Crippen molar-refractivity contribution in [2.75, 3.05) is 0 Å². The average Bonchev–Trinajstić information content (AvgIpc) is 2.53. The molecule has 0 fully saturated rings. The van der Waals surface area contributed by atoms with E-state index in [0.29, 0.717) is 0 Å². The fourth-order valence-electron chi connectivity index (χ4n) is 2.02. The van der Waals surface area contributed by atoms with Gasteiger partial charge < -0.3 is 20.4 Å². The minimum Gasteiger partial charge on any atom is -0.504 e. The lowest BCUT2D eigenvalue weighted by atomic mass is 9.98. The van der Waals surface area contributed by atoms with Gasteiger partial charge in [0.1, 0.15) is 0 Å². The van der Waals surface area contributed by atoms with Crippen LogP contribution in [0.3, 0.4) is 0 Å². The molecule has 0 aliphatic carbocycles. The molecule has 0 amide bonds. The Bertz CT molecular complexity index is 761. The molecule has 0 unspecified atom stereocenters. The fourth-order valence-corrected chi connectivity index (χ4v) is 2.02. The molecule has 0 bridgehead atoms. The number of benzene rings is 2. The van der Waals surface area contributed by atoms with E-state index in [1.54, 1.807) is 18.2 Å². The summed E-state index contributed by atoms with van der Waals surface area (Å²) >= 11 is 0. The van der Waals surface area contributed by atoms with Crippen LogP contribution in [0.2, 0.25) is 0 Å². The highest BCUT2D eigenvalue weighted by atomic mass is 16.4. The van der Waals surface area contributed by atoms with E-state index in [2.05, 4.69) is 0 Å². The summed E-state index contributed by atoms with van der Waals surface area (Å²) in [5.74, 6) is -4.19. The van der Waals surface area contributed by atoms with Crippen LogP contribution in [-0.4, -0.2) is 32.4 Å². The first-order valence-electron chi connectivity index (χ1n) is 6.21. The van der Waals surface area contributed by atoms with Crippen molar-refractivity contribution >= 4 is 23.5 Å². The highest BCUT2D eigenvalue weighted by Gasteiger charge is 2.23. The highest BCUT2D eigenvalue weighted by Crippen LogP contribution is 2.27. The summed E-state index contributed by atoms with van der Waals surface area (Å²) in [6.07, 6.45) is 0. The van der Waals surface area contributed by atoms with E-state index < -0.39 is 34.6 Å². The number of hydrogen-bond donors (Lipinski definition) is 4. The Hall–Kier alpha value is -3.28. The second-order valence-corrected chi connectivity index (χ2v) is 4.40. The van der Waals surface area contributed by atoms with Crippen molar-refractivity contribution in [1.82, 2.24) is 0 Å². The van der Waals surface area contributed by atoms with Crippen molar-refractivity contribution in [2.45, 2.75) is 0 Å². The van der Waals surface area contributed by atoms with Gasteiger partial charge in [0.05, 0.1) is 11.1 Å². The Kier molecular flexibility index (Phi) is 4.13. The van der Waals surface area contributed by atoms with Gasteiger partial charge in [-0.3, -0.25) is 0 Å². The lowest BCUT2D eigenvalue weighted by Gasteiger charge is -2.10. The largest absolute Gasteiger partial charge is 0.504 e. The molecule has 0 heterocycles. The third kappa shape index (κ3) is 2.76. The van der Waals surface area contributed by atoms with Crippen molar-refractivity contribution < 1.29 is 30.0 Å². The molecule has 0 saturated carbocycles. The second-order valence-electron chi connectivity index (χ2n) is 4.40. The Balaban J connectivity index is 2.69. The molecule has 6 nitrogen and oxygen atoms in total. The van der Waals surface area contributed by atoms with Crippen LogP contribution >= 0.6 is 0 Å². The summed E-state index contributed by atoms with van der Waals surface area (Å²) in [5.41, 5.74) is -1.06. The van der Waals surface area contributed by atoms with E-state index in [9.17, 15) is 24.9 Å². The molecular formula is C16H12O6. The number of hydrogen-bond acceptors (Lipinski definition) is 4. The van der Waals surface area contributed by atoms with Crippen molar-refractivity contribution in [1.29, 1.82) is 0 Å². The maximum Gasteiger partial charge on any atom is 0.337 e. The number of carboxylic acid groups (broad SMARTS) is 2. The fraction of sp³-hybridized carbons (Fsp3) is 0. The number of aromatic carboxylic acids is 2. The van der Waals surface area contributed by atoms with Gasteiger partial charge in [0.2, 0.25) is 0 Å². The Morgan fingerprint density at radius 3 is 1.77 bits per heavy atom. The molecule has 2 aromatic rings. The van der Waals surface area contributed by atoms with Gasteiger partial charge in [0.15, 0.2) is 11.5 Å². The van der Waals surface area contributed by atoms with Gasteiger partial charge in [-0.05, 0) is 6.07 Å². The summed E-state index contributed by atoms with van der Waals surface area (Å²) in [6.45, 7) is 0. The molecule has 0 atom stereocenters. The second kappa shape index (κ2) is 6.01. The summed E-state index contributed by atoms with van der Waals surface area (Å²) < 4.78 is 0. The lowest BCUT2D eigenvalue weighted by molar-refractivity contribution is 0.0651. The third-order valence-electron chi connectivity index (χ3n) is 3.04. The van der Waals surface area contributed by atoms with Crippen LogP contribution in [0.5, 0.6) is 0 Å². The van der Waals surface area contributed by atoms with Crippen molar-refractivity contribution in [3.8, 4) is 0 Å². The summed E-state index contributed by atoms with van der Waals surface area (Å²) in [7, 11) is 0. The van der Waals surface area contributed by atoms with Gasteiger partial charge in [0, 0.05) is 11.1 Å². The zero-order valence-corrected chi connectivity index (χ0v) is 11.2. The normalized spacial score (nSPS) is 11.6. The van der Waals surface area contributed by atoms with Crippen LogP contribution in [-0.2, 0) is 0 Å². The molecule has 0 aliphatic rings. The van der Waals surface area contributed by atoms with E-state index in [4.69, 9.17) is 5.11 Å². The first-order chi connectivity index (χ1) is 10.4. The van der Waals surface area contributed by atoms with Gasteiger partial charge in [-0.2, -0.15) is 0 Å². The van der Waals surface area contributed by atoms with E-state index in [1.165, 1.54) is 24.3 Å². The molecule has 2 aromatic carbocycles. The van der Waals surface area contributed by atoms with Crippen LogP contribution in [0, 0.1) is 0 Å². The van der Waals surface area contributed by atoms with Gasteiger partial charge >= 0.3 is 11.9 Å². The minimum atomic E-state index is -1.51. The lowest BCUT2D eigenvalue weighted by Crippen LogP contribution is -2.11. The van der Waals surface area contributed by atoms with Crippen LogP contribution in [0.1, 0.15) is 31.8 Å². The molecule has 0 aliphatic heterocycles. The van der Waals surface area contributed by atoms with Crippen molar-refractivity contribution in [3.63, 3.8) is 0 Å². The summed E-state index contributed by atoms with van der Waals surface area (Å²) in [4.78, 5) is 22.4. The van der Waals surface area contributed by atoms with Crippen LogP contribution in [0.25, 0.3) is 11.5 Å². The summed E-state index contributed by atoms with van der Waals surface area (Å²) in [5, 5.41) is 38.5. The van der Waals surface area contributed by atoms with Crippen molar-refractivity contribution in [2.24, 2.45) is 0 Å². The van der Waals surface area contributed by atoms with E-state index in [0.717, 1.165) is 6.07 Å². The highest BCUT2D eigenvalue weighted by molar-refractivity contribution is 6.06. The maximum absolute atomic E-state index is 11.3. The first kappa shape index (κ1) is 15.1. The molecular weight excluding hydrogens is 288 g/mol. The van der Waals surface area contributed by atoms with Crippen LogP contribution in [0.15, 0.2) is 48.5 Å². The topological polar surface area (TPSA) is 115 Å². The third-order valence-corrected chi connectivity index (χ3v) is 3.04. The minimum absolute atomic E-state index is 0.270. The predicted molar refractivity (Wildman–Crippen MR) is 78.9 cm³/mol. The molecule has 0 saturated heterocycles. The van der Waals surface area contributed by atoms with Gasteiger partial charge in [-0.25, -0.2) is 9.59 Å². The molecule has 112 valence electrons. The van der Waals surface area contributed by atoms with E-state index in [-0.39, 0.29) is 11.1 Å². The first-order valence-corrected chi connectivity index (χ1v) is 6.21. The molecule has 0 aromatic heterocycles. The van der Waals surface area contributed by atoms with Gasteiger partial charge in [-0.15, -0.1) is 0 Å². The SMILES string of the molecule is O=C(O)c1cccc(C(O)=C(O)c2ccccc2)c1C(=O)O. The molecule has 4 N–H and O–H groups in total. The molecule has 6 heteroatoms. The molecule has 2 rings (SSSR count).